The zero-order chi connectivity index (χ0) is 40.3. The number of rotatable bonds is 7. The molecule has 0 aliphatic rings. The van der Waals surface area contributed by atoms with Crippen LogP contribution in [0.1, 0.15) is 0 Å². The second kappa shape index (κ2) is 14.5. The molecule has 2 nitrogen and oxygen atoms in total. The highest BCUT2D eigenvalue weighted by atomic mass is 32.1. The van der Waals surface area contributed by atoms with Crippen molar-refractivity contribution in [2.24, 2.45) is 0 Å². The molecular formula is C58H37NOS. The van der Waals surface area contributed by atoms with E-state index in [0.717, 1.165) is 55.5 Å². The third kappa shape index (κ3) is 6.18. The minimum absolute atomic E-state index is 0.898. The van der Waals surface area contributed by atoms with Crippen LogP contribution in [0.3, 0.4) is 0 Å². The van der Waals surface area contributed by atoms with Gasteiger partial charge in [0.05, 0.1) is 0 Å². The molecule has 0 amide bonds. The zero-order valence-corrected chi connectivity index (χ0v) is 33.9. The summed E-state index contributed by atoms with van der Waals surface area (Å²) in [6, 6.07) is 81.1. The van der Waals surface area contributed by atoms with Gasteiger partial charge in [-0.15, -0.1) is 11.3 Å². The van der Waals surface area contributed by atoms with E-state index in [1.807, 2.05) is 11.3 Å². The smallest absolute Gasteiger partial charge is 0.143 e. The monoisotopic (exact) mass is 795 g/mol. The summed E-state index contributed by atoms with van der Waals surface area (Å²) in [5, 5.41) is 7.22. The molecule has 0 saturated carbocycles. The Bertz CT molecular complexity index is 3560. The molecule has 0 radical (unpaired) electrons. The molecule has 286 valence electrons. The Morgan fingerprint density at radius 1 is 0.328 bits per heavy atom. The van der Waals surface area contributed by atoms with Crippen LogP contribution in [0.4, 0.5) is 17.1 Å². The normalized spacial score (nSPS) is 11.6. The van der Waals surface area contributed by atoms with Gasteiger partial charge in [-0.25, -0.2) is 0 Å². The highest BCUT2D eigenvalue weighted by Gasteiger charge is 2.18. The largest absolute Gasteiger partial charge is 0.455 e. The van der Waals surface area contributed by atoms with Crippen molar-refractivity contribution >= 4 is 81.3 Å². The topological polar surface area (TPSA) is 16.4 Å². The van der Waals surface area contributed by atoms with E-state index in [1.54, 1.807) is 0 Å². The van der Waals surface area contributed by atoms with Crippen LogP contribution >= 0.6 is 11.3 Å². The van der Waals surface area contributed by atoms with Gasteiger partial charge >= 0.3 is 0 Å². The molecule has 0 atom stereocenters. The number of fused-ring (bicyclic) bond motifs is 8. The average Bonchev–Trinajstić information content (AvgIpc) is 3.91. The summed E-state index contributed by atoms with van der Waals surface area (Å²) < 4.78 is 9.19. The van der Waals surface area contributed by atoms with Gasteiger partial charge in [0, 0.05) is 53.4 Å². The van der Waals surface area contributed by atoms with Crippen LogP contribution in [-0.4, -0.2) is 0 Å². The van der Waals surface area contributed by atoms with Crippen LogP contribution in [0.15, 0.2) is 229 Å². The third-order valence-corrected chi connectivity index (χ3v) is 13.2. The number of hydrogen-bond donors (Lipinski definition) is 0. The van der Waals surface area contributed by atoms with Crippen LogP contribution < -0.4 is 4.90 Å². The highest BCUT2D eigenvalue weighted by Crippen LogP contribution is 2.43. The van der Waals surface area contributed by atoms with Crippen molar-refractivity contribution in [1.82, 2.24) is 0 Å². The quantitative estimate of drug-likeness (QED) is 0.160. The lowest BCUT2D eigenvalue weighted by atomic mass is 9.97. The molecule has 3 heteroatoms. The van der Waals surface area contributed by atoms with E-state index < -0.39 is 0 Å². The van der Waals surface area contributed by atoms with Crippen molar-refractivity contribution in [3.63, 3.8) is 0 Å². The van der Waals surface area contributed by atoms with E-state index in [-0.39, 0.29) is 0 Å². The summed E-state index contributed by atoms with van der Waals surface area (Å²) in [6.07, 6.45) is 0. The first-order valence-corrected chi connectivity index (χ1v) is 21.5. The number of thiophene rings is 1. The van der Waals surface area contributed by atoms with Crippen molar-refractivity contribution < 1.29 is 4.42 Å². The molecule has 61 heavy (non-hydrogen) atoms. The first-order chi connectivity index (χ1) is 30.2. The minimum atomic E-state index is 0.898. The molecule has 0 saturated heterocycles. The van der Waals surface area contributed by atoms with Gasteiger partial charge in [-0.3, -0.25) is 0 Å². The van der Waals surface area contributed by atoms with Gasteiger partial charge in [-0.2, -0.15) is 0 Å². The fourth-order valence-electron chi connectivity index (χ4n) is 9.05. The predicted molar refractivity (Wildman–Crippen MR) is 261 cm³/mol. The van der Waals surface area contributed by atoms with Crippen molar-refractivity contribution in [1.29, 1.82) is 0 Å². The van der Waals surface area contributed by atoms with Gasteiger partial charge in [0.15, 0.2) is 0 Å². The van der Waals surface area contributed by atoms with Crippen molar-refractivity contribution in [2.45, 2.75) is 0 Å². The van der Waals surface area contributed by atoms with Gasteiger partial charge in [0.2, 0.25) is 0 Å². The van der Waals surface area contributed by atoms with Crippen LogP contribution in [0.5, 0.6) is 0 Å². The van der Waals surface area contributed by atoms with Crippen LogP contribution in [0.25, 0.3) is 97.4 Å². The Labute approximate surface area is 357 Å². The number of benzene rings is 10. The maximum atomic E-state index is 6.55. The maximum Gasteiger partial charge on any atom is 0.143 e. The molecule has 2 heterocycles. The minimum Gasteiger partial charge on any atom is -0.455 e. The Morgan fingerprint density at radius 2 is 0.869 bits per heavy atom. The lowest BCUT2D eigenvalue weighted by Gasteiger charge is -2.26. The second-order valence-corrected chi connectivity index (χ2v) is 16.8. The molecule has 0 N–H and O–H groups in total. The summed E-state index contributed by atoms with van der Waals surface area (Å²) in [5.41, 5.74) is 14.6. The average molecular weight is 796 g/mol. The number of hydrogen-bond acceptors (Lipinski definition) is 3. The molecule has 0 spiro atoms. The van der Waals surface area contributed by atoms with Crippen LogP contribution in [0, 0.1) is 0 Å². The molecule has 0 bridgehead atoms. The third-order valence-electron chi connectivity index (χ3n) is 12.1. The predicted octanol–water partition coefficient (Wildman–Crippen LogP) is 17.2. The van der Waals surface area contributed by atoms with E-state index >= 15 is 0 Å². The van der Waals surface area contributed by atoms with Gasteiger partial charge in [0.25, 0.3) is 0 Å². The van der Waals surface area contributed by atoms with Crippen molar-refractivity contribution in [3.8, 4) is 44.5 Å². The fourth-order valence-corrected chi connectivity index (χ4v) is 10.1. The molecule has 2 aromatic heterocycles. The van der Waals surface area contributed by atoms with E-state index in [0.29, 0.717) is 0 Å². The van der Waals surface area contributed by atoms with E-state index in [9.17, 15) is 0 Å². The molecule has 0 aliphatic heterocycles. The van der Waals surface area contributed by atoms with Crippen LogP contribution in [-0.2, 0) is 0 Å². The highest BCUT2D eigenvalue weighted by molar-refractivity contribution is 7.25. The Kier molecular flexibility index (Phi) is 8.39. The number of nitrogens with zero attached hydrogens (tertiary/aromatic N) is 1. The second-order valence-electron chi connectivity index (χ2n) is 15.7. The van der Waals surface area contributed by atoms with Crippen molar-refractivity contribution in [3.05, 3.63) is 224 Å². The summed E-state index contributed by atoms with van der Waals surface area (Å²) >= 11 is 1.86. The van der Waals surface area contributed by atoms with E-state index in [2.05, 4.69) is 229 Å². The first-order valence-electron chi connectivity index (χ1n) is 20.7. The van der Waals surface area contributed by atoms with Crippen molar-refractivity contribution in [2.75, 3.05) is 4.90 Å². The Hall–Kier alpha value is -7.72. The molecule has 12 aromatic rings. The van der Waals surface area contributed by atoms with Crippen LogP contribution in [0.2, 0.25) is 0 Å². The lowest BCUT2D eigenvalue weighted by molar-refractivity contribution is 0.673. The molecular weight excluding hydrogens is 759 g/mol. The molecule has 0 unspecified atom stereocenters. The SMILES string of the molecule is c1ccc(-c2cccc(-c3ccc(N(c4ccc(-c5ccc6sc7ccccc7c6c5)cc4)c4ccc(-c5cccc6oc7c8ccccc8ccc7c56)cc4)cc3)c2)cc1. The molecule has 12 rings (SSSR count). The van der Waals surface area contributed by atoms with Gasteiger partial charge in [-0.05, 0) is 123 Å². The fraction of sp³-hybridized carbons (Fsp3) is 0. The number of anilines is 3. The van der Waals surface area contributed by atoms with Gasteiger partial charge in [-0.1, -0.05) is 152 Å². The molecule has 0 aliphatic carbocycles. The summed E-state index contributed by atoms with van der Waals surface area (Å²) in [5.74, 6) is 0. The first kappa shape index (κ1) is 35.2. The summed E-state index contributed by atoms with van der Waals surface area (Å²) in [4.78, 5) is 2.35. The van der Waals surface area contributed by atoms with E-state index in [1.165, 1.54) is 58.9 Å². The maximum absolute atomic E-state index is 6.55. The van der Waals surface area contributed by atoms with Gasteiger partial charge < -0.3 is 9.32 Å². The van der Waals surface area contributed by atoms with Gasteiger partial charge in [0.1, 0.15) is 11.2 Å². The number of furan rings is 1. The standard InChI is InChI=1S/C58H37NOS/c1-2-10-38(11-3-1)43-13-8-14-44(36-43)39-20-28-46(29-21-39)59(47-30-22-40(23-31-47)45-27-35-56-53(37-45)51-16-6-7-19-55(51)61-56)48-32-24-42(25-33-48)49-17-9-18-54-57(49)52-34-26-41-12-4-5-15-50(41)58(52)60-54/h1-37H. The Morgan fingerprint density at radius 3 is 1.59 bits per heavy atom. The lowest BCUT2D eigenvalue weighted by Crippen LogP contribution is -2.09. The molecule has 0 fully saturated rings. The van der Waals surface area contributed by atoms with E-state index in [4.69, 9.17) is 4.42 Å². The Balaban J connectivity index is 0.934. The zero-order valence-electron chi connectivity index (χ0n) is 33.1. The molecule has 10 aromatic carbocycles. The summed E-state index contributed by atoms with van der Waals surface area (Å²) in [7, 11) is 0. The summed E-state index contributed by atoms with van der Waals surface area (Å²) in [6.45, 7) is 0.